The number of rotatable bonds is 3. The number of hydrogen-bond donors (Lipinski definition) is 2. The van der Waals surface area contributed by atoms with Crippen molar-refractivity contribution < 1.29 is 0 Å². The Kier molecular flexibility index (Phi) is 3.49. The van der Waals surface area contributed by atoms with Crippen LogP contribution in [0.3, 0.4) is 0 Å². The van der Waals surface area contributed by atoms with Gasteiger partial charge < -0.3 is 10.7 Å². The molecule has 4 heteroatoms. The maximum absolute atomic E-state index is 5.52. The van der Waals surface area contributed by atoms with E-state index in [0.29, 0.717) is 0 Å². The molecule has 3 N–H and O–H groups in total. The summed E-state index contributed by atoms with van der Waals surface area (Å²) in [5.41, 5.74) is 8.01. The molecule has 0 saturated heterocycles. The first-order chi connectivity index (χ1) is 7.22. The summed E-state index contributed by atoms with van der Waals surface area (Å²) in [6.45, 7) is 0.738. The van der Waals surface area contributed by atoms with Crippen molar-refractivity contribution in [2.75, 3.05) is 6.54 Å². The Morgan fingerprint density at radius 3 is 2.80 bits per heavy atom. The van der Waals surface area contributed by atoms with Crippen molar-refractivity contribution in [2.24, 2.45) is 5.73 Å². The molecule has 0 spiro atoms. The lowest BCUT2D eigenvalue weighted by Gasteiger charge is -2.00. The van der Waals surface area contributed by atoms with Crippen LogP contribution < -0.4 is 5.73 Å². The smallest absolute Gasteiger partial charge is 0.0601 e. The third-order valence-corrected chi connectivity index (χ3v) is 3.53. The van der Waals surface area contributed by atoms with Crippen molar-refractivity contribution in [3.8, 4) is 0 Å². The Balaban J connectivity index is 2.49. The predicted octanol–water partition coefficient (Wildman–Crippen LogP) is 3.58. The van der Waals surface area contributed by atoms with Crippen LogP contribution in [0.25, 0.3) is 10.9 Å². The molecule has 1 aromatic heterocycles. The number of halogens is 2. The summed E-state index contributed by atoms with van der Waals surface area (Å²) < 4.78 is 2.18. The summed E-state index contributed by atoms with van der Waals surface area (Å²) in [5.74, 6) is 0. The minimum absolute atomic E-state index is 0.738. The summed E-state index contributed by atoms with van der Waals surface area (Å²) in [5, 5.41) is 1.27. The Morgan fingerprint density at radius 1 is 1.27 bits per heavy atom. The van der Waals surface area contributed by atoms with Crippen LogP contribution >= 0.6 is 31.9 Å². The molecule has 0 atom stereocenters. The second-order valence-corrected chi connectivity index (χ2v) is 5.29. The summed E-state index contributed by atoms with van der Waals surface area (Å²) >= 11 is 7.04. The molecule has 0 unspecified atom stereocenters. The second-order valence-electron chi connectivity index (χ2n) is 3.52. The number of benzene rings is 1. The average molecular weight is 332 g/mol. The zero-order valence-electron chi connectivity index (χ0n) is 8.19. The van der Waals surface area contributed by atoms with Crippen molar-refractivity contribution in [3.63, 3.8) is 0 Å². The molecule has 0 aliphatic rings. The highest BCUT2D eigenvalue weighted by atomic mass is 79.9. The van der Waals surface area contributed by atoms with E-state index in [1.165, 1.54) is 10.9 Å². The molecule has 0 saturated carbocycles. The van der Waals surface area contributed by atoms with E-state index in [4.69, 9.17) is 5.73 Å². The van der Waals surface area contributed by atoms with Gasteiger partial charge in [0.25, 0.3) is 0 Å². The highest BCUT2D eigenvalue weighted by molar-refractivity contribution is 9.11. The molecule has 2 aromatic rings. The molecule has 0 aliphatic heterocycles. The predicted molar refractivity (Wildman–Crippen MR) is 71.1 cm³/mol. The molecular formula is C11H12Br2N2. The number of fused-ring (bicyclic) bond motifs is 1. The lowest BCUT2D eigenvalue weighted by atomic mass is 10.1. The van der Waals surface area contributed by atoms with Crippen molar-refractivity contribution in [3.05, 3.63) is 32.8 Å². The zero-order valence-corrected chi connectivity index (χ0v) is 11.4. The van der Waals surface area contributed by atoms with Gasteiger partial charge in [0, 0.05) is 20.5 Å². The highest BCUT2D eigenvalue weighted by Crippen LogP contribution is 2.30. The van der Waals surface area contributed by atoms with Crippen LogP contribution in [0.5, 0.6) is 0 Å². The summed E-state index contributed by atoms with van der Waals surface area (Å²) in [6, 6.07) is 4.19. The van der Waals surface area contributed by atoms with Crippen molar-refractivity contribution in [2.45, 2.75) is 12.8 Å². The summed E-state index contributed by atoms with van der Waals surface area (Å²) in [6.07, 6.45) is 4.12. The van der Waals surface area contributed by atoms with Crippen molar-refractivity contribution >= 4 is 42.8 Å². The SMILES string of the molecule is NCCCc1c[nH]c2c(Br)cc(Br)cc12. The molecule has 2 nitrogen and oxygen atoms in total. The number of aromatic nitrogens is 1. The normalized spacial score (nSPS) is 11.1. The van der Waals surface area contributed by atoms with Gasteiger partial charge in [-0.2, -0.15) is 0 Å². The fraction of sp³-hybridized carbons (Fsp3) is 0.273. The van der Waals surface area contributed by atoms with E-state index in [2.05, 4.69) is 49.1 Å². The first kappa shape index (κ1) is 11.2. The van der Waals surface area contributed by atoms with Gasteiger partial charge in [0.05, 0.1) is 5.52 Å². The van der Waals surface area contributed by atoms with Gasteiger partial charge in [0.1, 0.15) is 0 Å². The standard InChI is InChI=1S/C11H12Br2N2/c12-8-4-9-7(2-1-3-14)6-15-11(9)10(13)5-8/h4-6,15H,1-3,14H2. The number of H-pyrrole nitrogens is 1. The van der Waals surface area contributed by atoms with Crippen molar-refractivity contribution in [1.29, 1.82) is 0 Å². The van der Waals surface area contributed by atoms with E-state index in [-0.39, 0.29) is 0 Å². The maximum atomic E-state index is 5.52. The molecule has 0 bridgehead atoms. The topological polar surface area (TPSA) is 41.8 Å². The monoisotopic (exact) mass is 330 g/mol. The van der Waals surface area contributed by atoms with Crippen LogP contribution in [0.15, 0.2) is 27.3 Å². The Morgan fingerprint density at radius 2 is 2.07 bits per heavy atom. The van der Waals surface area contributed by atoms with Crippen LogP contribution in [0.4, 0.5) is 0 Å². The van der Waals surface area contributed by atoms with Gasteiger partial charge in [0.15, 0.2) is 0 Å². The Bertz CT molecular complexity index is 477. The van der Waals surface area contributed by atoms with Crippen molar-refractivity contribution in [1.82, 2.24) is 4.98 Å². The first-order valence-corrected chi connectivity index (χ1v) is 6.46. The molecule has 0 radical (unpaired) electrons. The molecule has 2 rings (SSSR count). The maximum Gasteiger partial charge on any atom is 0.0601 e. The average Bonchev–Trinajstić information content (AvgIpc) is 2.58. The molecule has 0 aliphatic carbocycles. The Hall–Kier alpha value is -0.320. The van der Waals surface area contributed by atoms with Crippen LogP contribution in [-0.2, 0) is 6.42 Å². The molecule has 1 heterocycles. The minimum atomic E-state index is 0.738. The number of hydrogen-bond acceptors (Lipinski definition) is 1. The summed E-state index contributed by atoms with van der Waals surface area (Å²) in [7, 11) is 0. The fourth-order valence-electron chi connectivity index (χ4n) is 1.71. The number of nitrogens with one attached hydrogen (secondary N) is 1. The number of aryl methyl sites for hydroxylation is 1. The summed E-state index contributed by atoms with van der Waals surface area (Å²) in [4.78, 5) is 3.28. The van der Waals surface area contributed by atoms with Gasteiger partial charge in [-0.1, -0.05) is 15.9 Å². The third-order valence-electron chi connectivity index (χ3n) is 2.44. The molecule has 1 aromatic carbocycles. The van der Waals surface area contributed by atoms with E-state index < -0.39 is 0 Å². The quantitative estimate of drug-likeness (QED) is 0.886. The van der Waals surface area contributed by atoms with Gasteiger partial charge in [-0.15, -0.1) is 0 Å². The molecule has 80 valence electrons. The molecule has 0 amide bonds. The van der Waals surface area contributed by atoms with Gasteiger partial charge in [-0.25, -0.2) is 0 Å². The first-order valence-electron chi connectivity index (χ1n) is 4.87. The van der Waals surface area contributed by atoms with E-state index in [1.807, 2.05) is 6.07 Å². The largest absolute Gasteiger partial charge is 0.360 e. The highest BCUT2D eigenvalue weighted by Gasteiger charge is 2.07. The van der Waals surface area contributed by atoms with Crippen LogP contribution in [0.2, 0.25) is 0 Å². The van der Waals surface area contributed by atoms with Gasteiger partial charge >= 0.3 is 0 Å². The Labute approximate surface area is 105 Å². The molecule has 0 fully saturated rings. The van der Waals surface area contributed by atoms with E-state index in [0.717, 1.165) is 33.8 Å². The van der Waals surface area contributed by atoms with E-state index in [9.17, 15) is 0 Å². The second kappa shape index (κ2) is 4.68. The third kappa shape index (κ3) is 2.27. The number of nitrogens with two attached hydrogens (primary N) is 1. The van der Waals surface area contributed by atoms with Gasteiger partial charge in [0.2, 0.25) is 0 Å². The molecular weight excluding hydrogens is 320 g/mol. The number of aromatic amines is 1. The fourth-order valence-corrected chi connectivity index (χ4v) is 3.05. The van der Waals surface area contributed by atoms with Gasteiger partial charge in [-0.05, 0) is 53.0 Å². The minimum Gasteiger partial charge on any atom is -0.360 e. The zero-order chi connectivity index (χ0) is 10.8. The van der Waals surface area contributed by atoms with E-state index >= 15 is 0 Å². The van der Waals surface area contributed by atoms with Crippen LogP contribution in [0, 0.1) is 0 Å². The van der Waals surface area contributed by atoms with E-state index in [1.54, 1.807) is 0 Å². The van der Waals surface area contributed by atoms with Crippen LogP contribution in [-0.4, -0.2) is 11.5 Å². The lowest BCUT2D eigenvalue weighted by Crippen LogP contribution is -1.99. The lowest BCUT2D eigenvalue weighted by molar-refractivity contribution is 0.837. The van der Waals surface area contributed by atoms with Crippen LogP contribution in [0.1, 0.15) is 12.0 Å². The van der Waals surface area contributed by atoms with Gasteiger partial charge in [-0.3, -0.25) is 0 Å². The molecule has 15 heavy (non-hydrogen) atoms.